The molecule has 4 N–H and O–H groups in total. The molecule has 4 fully saturated rings. The molecular weight excluding hydrogens is 554 g/mol. The first-order valence-corrected chi connectivity index (χ1v) is 16.0. The van der Waals surface area contributed by atoms with Gasteiger partial charge in [0.2, 0.25) is 0 Å². The molecule has 1 spiro atoms. The fourth-order valence-electron chi connectivity index (χ4n) is 8.77. The van der Waals surface area contributed by atoms with Crippen molar-refractivity contribution in [2.24, 2.45) is 11.3 Å². The van der Waals surface area contributed by atoms with Gasteiger partial charge < -0.3 is 20.6 Å². The summed E-state index contributed by atoms with van der Waals surface area (Å²) in [7, 11) is 0. The van der Waals surface area contributed by atoms with Crippen LogP contribution in [0.5, 0.6) is 0 Å². The lowest BCUT2D eigenvalue weighted by Crippen LogP contribution is -2.45. The predicted octanol–water partition coefficient (Wildman–Crippen LogP) is 7.54. The number of nitrogens with zero attached hydrogens (tertiary/aromatic N) is 2. The number of aromatic nitrogens is 4. The summed E-state index contributed by atoms with van der Waals surface area (Å²) in [6, 6.07) is 17.7. The summed E-state index contributed by atoms with van der Waals surface area (Å²) in [5, 5.41) is 7.37. The van der Waals surface area contributed by atoms with E-state index in [1.807, 2.05) is 42.5 Å². The molecule has 0 radical (unpaired) electrons. The molecule has 3 aromatic carbocycles. The first-order valence-electron chi connectivity index (χ1n) is 16.0. The van der Waals surface area contributed by atoms with E-state index in [-0.39, 0.29) is 22.7 Å². The highest BCUT2D eigenvalue weighted by atomic mass is 19.3. The number of piperidine rings is 1. The van der Waals surface area contributed by atoms with Crippen molar-refractivity contribution in [3.05, 3.63) is 83.6 Å². The smallest absolute Gasteiger partial charge is 0.299 e. The number of hydrogen-bond acceptors (Lipinski definition) is 4. The van der Waals surface area contributed by atoms with Gasteiger partial charge in [0.15, 0.2) is 0 Å². The van der Waals surface area contributed by atoms with Crippen molar-refractivity contribution in [1.82, 2.24) is 30.6 Å². The fraction of sp³-hybridized carbons (Fsp3) is 0.389. The molecule has 4 heterocycles. The van der Waals surface area contributed by atoms with E-state index < -0.39 is 5.92 Å². The molecule has 5 aromatic rings. The Morgan fingerprint density at radius 3 is 2.34 bits per heavy atom. The average molecular weight is 589 g/mol. The Labute approximate surface area is 254 Å². The molecule has 10 rings (SSSR count). The normalized spacial score (nSPS) is 28.7. The minimum absolute atomic E-state index is 0.0505. The zero-order valence-corrected chi connectivity index (χ0v) is 24.6. The molecule has 44 heavy (non-hydrogen) atoms. The fourth-order valence-corrected chi connectivity index (χ4v) is 8.77. The summed E-state index contributed by atoms with van der Waals surface area (Å²) >= 11 is 0. The van der Waals surface area contributed by atoms with Gasteiger partial charge in [-0.2, -0.15) is 8.78 Å². The minimum Gasteiger partial charge on any atom is -0.341 e. The molecule has 3 aliphatic carbocycles. The van der Waals surface area contributed by atoms with Gasteiger partial charge >= 0.3 is 0 Å². The second kappa shape index (κ2) is 8.43. The molecule has 2 bridgehead atoms. The van der Waals surface area contributed by atoms with Crippen molar-refractivity contribution in [2.75, 3.05) is 6.54 Å². The van der Waals surface area contributed by atoms with Gasteiger partial charge in [-0.3, -0.25) is 0 Å². The molecule has 1 unspecified atom stereocenters. The molecule has 6 nitrogen and oxygen atoms in total. The van der Waals surface area contributed by atoms with E-state index in [9.17, 15) is 0 Å². The molecule has 4 atom stereocenters. The van der Waals surface area contributed by atoms with Crippen LogP contribution in [0.1, 0.15) is 74.3 Å². The van der Waals surface area contributed by atoms with Crippen molar-refractivity contribution in [3.8, 4) is 33.5 Å². The molecule has 2 saturated carbocycles. The van der Waals surface area contributed by atoms with Crippen LogP contribution in [0.15, 0.2) is 60.8 Å². The number of hydrogen-bond donors (Lipinski definition) is 4. The third kappa shape index (κ3) is 3.52. The van der Waals surface area contributed by atoms with Gasteiger partial charge in [-0.1, -0.05) is 30.3 Å². The molecule has 5 aliphatic rings. The minimum atomic E-state index is -3.10. The number of benzene rings is 3. The van der Waals surface area contributed by atoms with Crippen LogP contribution < -0.4 is 10.6 Å². The Morgan fingerprint density at radius 2 is 1.61 bits per heavy atom. The summed E-state index contributed by atoms with van der Waals surface area (Å²) in [4.78, 5) is 16.6. The topological polar surface area (TPSA) is 81.4 Å². The maximum absolute atomic E-state index is 16.2. The molecule has 2 saturated heterocycles. The van der Waals surface area contributed by atoms with E-state index >= 15 is 8.78 Å². The third-order valence-electron chi connectivity index (χ3n) is 11.6. The monoisotopic (exact) mass is 588 g/mol. The van der Waals surface area contributed by atoms with Gasteiger partial charge in [0, 0.05) is 29.3 Å². The summed E-state index contributed by atoms with van der Waals surface area (Å²) in [6.07, 6.45) is 9.09. The highest BCUT2D eigenvalue weighted by molar-refractivity contribution is 5.87. The van der Waals surface area contributed by atoms with Crippen molar-refractivity contribution < 1.29 is 8.78 Å². The summed E-state index contributed by atoms with van der Waals surface area (Å²) in [6.45, 7) is 3.29. The van der Waals surface area contributed by atoms with Gasteiger partial charge in [0.1, 0.15) is 11.6 Å². The number of rotatable bonds is 4. The van der Waals surface area contributed by atoms with E-state index in [1.54, 1.807) is 18.3 Å². The zero-order valence-electron chi connectivity index (χ0n) is 24.6. The zero-order chi connectivity index (χ0) is 29.4. The van der Waals surface area contributed by atoms with Crippen molar-refractivity contribution in [1.29, 1.82) is 0 Å². The van der Waals surface area contributed by atoms with Crippen LogP contribution in [0.3, 0.4) is 0 Å². The van der Waals surface area contributed by atoms with Crippen molar-refractivity contribution >= 4 is 11.0 Å². The first-order chi connectivity index (χ1) is 21.3. The van der Waals surface area contributed by atoms with Crippen LogP contribution in [0.25, 0.3) is 44.5 Å². The molecule has 0 amide bonds. The molecular formula is C36H34F2N6. The number of halogens is 2. The Kier molecular flexibility index (Phi) is 4.88. The number of alkyl halides is 2. The Hall–Kier alpha value is -3.88. The molecule has 2 aromatic heterocycles. The molecule has 2 aliphatic heterocycles. The Bertz CT molecular complexity index is 2000. The van der Waals surface area contributed by atoms with E-state index in [0.29, 0.717) is 28.5 Å². The van der Waals surface area contributed by atoms with Crippen LogP contribution in [0, 0.1) is 11.3 Å². The van der Waals surface area contributed by atoms with E-state index in [4.69, 9.17) is 4.98 Å². The highest BCUT2D eigenvalue weighted by Crippen LogP contribution is 2.55. The number of aromatic amines is 2. The van der Waals surface area contributed by atoms with Crippen molar-refractivity contribution in [3.63, 3.8) is 0 Å². The average Bonchev–Trinajstić information content (AvgIpc) is 3.67. The number of H-pyrrole nitrogens is 2. The van der Waals surface area contributed by atoms with Crippen LogP contribution in [-0.4, -0.2) is 32.5 Å². The quantitative estimate of drug-likeness (QED) is 0.175. The Morgan fingerprint density at radius 1 is 0.864 bits per heavy atom. The number of nitrogens with one attached hydrogen (secondary N) is 4. The second-order valence-corrected chi connectivity index (χ2v) is 14.3. The largest absolute Gasteiger partial charge is 0.341 e. The maximum atomic E-state index is 16.2. The SMILES string of the molecule is C[C@]1(c2nc3ccc(-c4ccc5c(c4)C(F)(F)c4cc(-c6cnc([C@@H]7CC8(CC8)CN7)[nH]6)ccc4-5)cc3[nH]2)NC2CC[C@H]1C2. The summed E-state index contributed by atoms with van der Waals surface area (Å²) in [5.74, 6) is -0.647. The maximum Gasteiger partial charge on any atom is 0.299 e. The van der Waals surface area contributed by atoms with Crippen LogP contribution in [0.2, 0.25) is 0 Å². The van der Waals surface area contributed by atoms with Crippen LogP contribution in [0.4, 0.5) is 8.78 Å². The van der Waals surface area contributed by atoms with E-state index in [1.165, 1.54) is 32.1 Å². The molecule has 8 heteroatoms. The van der Waals surface area contributed by atoms with Gasteiger partial charge in [-0.05, 0) is 103 Å². The lowest BCUT2D eigenvalue weighted by molar-refractivity contribution is 0.0481. The highest BCUT2D eigenvalue weighted by Gasteiger charge is 2.51. The van der Waals surface area contributed by atoms with Gasteiger partial charge in [0.05, 0.1) is 34.5 Å². The third-order valence-corrected chi connectivity index (χ3v) is 11.6. The van der Waals surface area contributed by atoms with Crippen LogP contribution >= 0.6 is 0 Å². The number of imidazole rings is 2. The second-order valence-electron chi connectivity index (χ2n) is 14.3. The van der Waals surface area contributed by atoms with E-state index in [0.717, 1.165) is 58.0 Å². The standard InChI is InChI=1S/C36H34F2N6/c1-34(22-5-6-23(15-22)44-34)33-42-28-9-4-20(14-29(28)43-33)19-2-7-24-25-8-3-21(13-27(25)36(37,38)26(24)12-19)31-17-39-32(41-31)30-16-35(10-11-35)18-40-30/h2-4,7-9,12-14,17,22-23,30,40,44H,5-6,10-11,15-16,18H2,1H3,(H,39,41)(H,42,43)/t22-,23?,30-,34-/m0/s1. The Balaban J connectivity index is 0.960. The van der Waals surface area contributed by atoms with Crippen molar-refractivity contribution in [2.45, 2.75) is 69.0 Å². The predicted molar refractivity (Wildman–Crippen MR) is 166 cm³/mol. The van der Waals surface area contributed by atoms with Crippen LogP contribution in [-0.2, 0) is 11.5 Å². The van der Waals surface area contributed by atoms with Gasteiger partial charge in [-0.25, -0.2) is 9.97 Å². The number of fused-ring (bicyclic) bond motifs is 6. The lowest BCUT2D eigenvalue weighted by Gasteiger charge is -2.33. The van der Waals surface area contributed by atoms with Gasteiger partial charge in [0.25, 0.3) is 5.92 Å². The van der Waals surface area contributed by atoms with E-state index in [2.05, 4.69) is 32.5 Å². The summed E-state index contributed by atoms with van der Waals surface area (Å²) < 4.78 is 32.3. The van der Waals surface area contributed by atoms with Gasteiger partial charge in [-0.15, -0.1) is 0 Å². The first kappa shape index (κ1) is 25.4. The molecule has 222 valence electrons. The lowest BCUT2D eigenvalue weighted by atomic mass is 9.85. The summed E-state index contributed by atoms with van der Waals surface area (Å²) in [5.41, 5.74) is 6.61.